The zero-order valence-electron chi connectivity index (χ0n) is 13.8. The Morgan fingerprint density at radius 3 is 2.84 bits per heavy atom. The normalized spacial score (nSPS) is 20.3. The molecule has 2 unspecified atom stereocenters. The van der Waals surface area contributed by atoms with Crippen LogP contribution in [0.15, 0.2) is 29.8 Å². The highest BCUT2D eigenvalue weighted by atomic mass is 127. The van der Waals surface area contributed by atoms with Gasteiger partial charge in [-0.1, -0.05) is 24.6 Å². The number of halogens is 2. The molecular formula is C16H19ClIN3O4. The van der Waals surface area contributed by atoms with Crippen LogP contribution in [-0.4, -0.2) is 48.2 Å². The Hall–Kier alpha value is -1.36. The SMILES string of the molecule is CC1C=C(C(=O)NOCCO)C(Nc2ccc(I)cc2Cl)N(C)C1=O. The van der Waals surface area contributed by atoms with E-state index in [1.165, 1.54) is 4.90 Å². The summed E-state index contributed by atoms with van der Waals surface area (Å²) in [4.78, 5) is 31.1. The van der Waals surface area contributed by atoms with Crippen molar-refractivity contribution in [1.82, 2.24) is 10.4 Å². The van der Waals surface area contributed by atoms with Crippen molar-refractivity contribution < 1.29 is 19.5 Å². The number of rotatable bonds is 6. The van der Waals surface area contributed by atoms with Crippen LogP contribution in [0.4, 0.5) is 5.69 Å². The van der Waals surface area contributed by atoms with Crippen LogP contribution in [0.2, 0.25) is 5.02 Å². The number of aliphatic hydroxyl groups excluding tert-OH is 1. The zero-order chi connectivity index (χ0) is 18.6. The minimum atomic E-state index is -0.695. The van der Waals surface area contributed by atoms with Gasteiger partial charge < -0.3 is 15.3 Å². The second-order valence-electron chi connectivity index (χ2n) is 5.53. The monoisotopic (exact) mass is 479 g/mol. The van der Waals surface area contributed by atoms with Crippen molar-refractivity contribution in [3.8, 4) is 0 Å². The first-order chi connectivity index (χ1) is 11.8. The van der Waals surface area contributed by atoms with Crippen LogP contribution in [0.25, 0.3) is 0 Å². The van der Waals surface area contributed by atoms with Gasteiger partial charge in [0.1, 0.15) is 6.17 Å². The molecule has 1 aromatic carbocycles. The third kappa shape index (κ3) is 4.84. The predicted octanol–water partition coefficient (Wildman–Crippen LogP) is 1.76. The van der Waals surface area contributed by atoms with Gasteiger partial charge in [-0.15, -0.1) is 0 Å². The number of amides is 2. The lowest BCUT2D eigenvalue weighted by atomic mass is 9.97. The molecule has 25 heavy (non-hydrogen) atoms. The number of benzene rings is 1. The molecule has 136 valence electrons. The van der Waals surface area contributed by atoms with Crippen LogP contribution < -0.4 is 10.8 Å². The molecule has 2 rings (SSSR count). The Kier molecular flexibility index (Phi) is 7.05. The maximum absolute atomic E-state index is 12.4. The number of carbonyl (C=O) groups is 2. The summed E-state index contributed by atoms with van der Waals surface area (Å²) in [6, 6.07) is 5.44. The first-order valence-electron chi connectivity index (χ1n) is 7.58. The average molecular weight is 480 g/mol. The Bertz CT molecular complexity index is 698. The van der Waals surface area contributed by atoms with E-state index in [1.807, 2.05) is 6.07 Å². The van der Waals surface area contributed by atoms with Gasteiger partial charge in [0.05, 0.1) is 35.4 Å². The summed E-state index contributed by atoms with van der Waals surface area (Å²) in [6.07, 6.45) is 0.900. The van der Waals surface area contributed by atoms with Gasteiger partial charge in [0.2, 0.25) is 5.91 Å². The van der Waals surface area contributed by atoms with Crippen molar-refractivity contribution >= 4 is 51.7 Å². The molecule has 2 atom stereocenters. The number of hydrogen-bond acceptors (Lipinski definition) is 5. The molecule has 1 aromatic rings. The lowest BCUT2D eigenvalue weighted by molar-refractivity contribution is -0.136. The molecule has 1 aliphatic heterocycles. The van der Waals surface area contributed by atoms with Crippen LogP contribution in [-0.2, 0) is 14.4 Å². The van der Waals surface area contributed by atoms with Gasteiger partial charge in [-0.25, -0.2) is 5.48 Å². The van der Waals surface area contributed by atoms with Crippen molar-refractivity contribution in [2.75, 3.05) is 25.6 Å². The predicted molar refractivity (Wildman–Crippen MR) is 103 cm³/mol. The van der Waals surface area contributed by atoms with Gasteiger partial charge in [-0.3, -0.25) is 14.4 Å². The zero-order valence-corrected chi connectivity index (χ0v) is 16.7. The van der Waals surface area contributed by atoms with Crippen LogP contribution in [0.1, 0.15) is 6.92 Å². The number of hydrogen-bond donors (Lipinski definition) is 3. The fourth-order valence-electron chi connectivity index (χ4n) is 2.44. The number of hydroxylamine groups is 1. The van der Waals surface area contributed by atoms with E-state index in [-0.39, 0.29) is 19.1 Å². The van der Waals surface area contributed by atoms with E-state index in [0.717, 1.165) is 3.57 Å². The van der Waals surface area contributed by atoms with Crippen LogP contribution in [0.3, 0.4) is 0 Å². The third-order valence-corrected chi connectivity index (χ3v) is 4.68. The average Bonchev–Trinajstić information content (AvgIpc) is 2.57. The molecule has 0 aromatic heterocycles. The molecule has 7 nitrogen and oxygen atoms in total. The maximum atomic E-state index is 12.4. The van der Waals surface area contributed by atoms with E-state index < -0.39 is 18.0 Å². The first-order valence-corrected chi connectivity index (χ1v) is 9.03. The summed E-state index contributed by atoms with van der Waals surface area (Å²) >= 11 is 8.40. The Balaban J connectivity index is 2.28. The number of likely N-dealkylation sites (N-methyl/N-ethyl adjacent to an activating group) is 1. The van der Waals surface area contributed by atoms with Gasteiger partial charge in [-0.2, -0.15) is 0 Å². The van der Waals surface area contributed by atoms with Crippen molar-refractivity contribution in [3.63, 3.8) is 0 Å². The van der Waals surface area contributed by atoms with Crippen LogP contribution in [0, 0.1) is 9.49 Å². The topological polar surface area (TPSA) is 90.9 Å². The number of anilines is 1. The summed E-state index contributed by atoms with van der Waals surface area (Å²) in [5.74, 6) is -1.04. The molecule has 2 amide bonds. The fourth-order valence-corrected chi connectivity index (χ4v) is 3.35. The number of aliphatic hydroxyl groups is 1. The molecule has 0 fully saturated rings. The van der Waals surface area contributed by atoms with Gasteiger partial charge in [0.15, 0.2) is 0 Å². The number of nitrogens with zero attached hydrogens (tertiary/aromatic N) is 1. The Morgan fingerprint density at radius 1 is 1.48 bits per heavy atom. The molecule has 9 heteroatoms. The minimum Gasteiger partial charge on any atom is -0.394 e. The smallest absolute Gasteiger partial charge is 0.274 e. The second kappa shape index (κ2) is 8.84. The highest BCUT2D eigenvalue weighted by Gasteiger charge is 2.35. The van der Waals surface area contributed by atoms with E-state index in [9.17, 15) is 9.59 Å². The molecule has 3 N–H and O–H groups in total. The van der Waals surface area contributed by atoms with Gasteiger partial charge in [0, 0.05) is 10.6 Å². The lowest BCUT2D eigenvalue weighted by Gasteiger charge is -2.36. The fraction of sp³-hybridized carbons (Fsp3) is 0.375. The van der Waals surface area contributed by atoms with E-state index >= 15 is 0 Å². The van der Waals surface area contributed by atoms with Gasteiger partial charge >= 0.3 is 0 Å². The lowest BCUT2D eigenvalue weighted by Crippen LogP contribution is -2.51. The summed E-state index contributed by atoms with van der Waals surface area (Å²) in [5.41, 5.74) is 3.21. The molecule has 0 radical (unpaired) electrons. The largest absolute Gasteiger partial charge is 0.394 e. The molecule has 0 saturated carbocycles. The highest BCUT2D eigenvalue weighted by Crippen LogP contribution is 2.28. The summed E-state index contributed by atoms with van der Waals surface area (Å²) in [5, 5.41) is 12.4. The Labute approximate surface area is 164 Å². The molecule has 1 heterocycles. The van der Waals surface area contributed by atoms with E-state index in [0.29, 0.717) is 16.3 Å². The van der Waals surface area contributed by atoms with Crippen molar-refractivity contribution in [2.45, 2.75) is 13.1 Å². The Morgan fingerprint density at radius 2 is 2.20 bits per heavy atom. The van der Waals surface area contributed by atoms with Gasteiger partial charge in [-0.05, 0) is 40.8 Å². The molecule has 0 saturated heterocycles. The quantitative estimate of drug-likeness (QED) is 0.329. The number of carbonyl (C=O) groups excluding carboxylic acids is 2. The van der Waals surface area contributed by atoms with E-state index in [4.69, 9.17) is 21.5 Å². The number of nitrogens with one attached hydrogen (secondary N) is 2. The third-order valence-electron chi connectivity index (χ3n) is 3.69. The maximum Gasteiger partial charge on any atom is 0.274 e. The van der Waals surface area contributed by atoms with Crippen LogP contribution in [0.5, 0.6) is 0 Å². The summed E-state index contributed by atoms with van der Waals surface area (Å²) in [6.45, 7) is 1.48. The van der Waals surface area contributed by atoms with Crippen LogP contribution >= 0.6 is 34.2 Å². The van der Waals surface area contributed by atoms with E-state index in [2.05, 4.69) is 33.4 Å². The second-order valence-corrected chi connectivity index (χ2v) is 7.19. The minimum absolute atomic E-state index is 0.0234. The summed E-state index contributed by atoms with van der Waals surface area (Å²) < 4.78 is 0.973. The van der Waals surface area contributed by atoms with Crippen molar-refractivity contribution in [1.29, 1.82) is 0 Å². The summed E-state index contributed by atoms with van der Waals surface area (Å²) in [7, 11) is 1.62. The molecule has 0 bridgehead atoms. The van der Waals surface area contributed by atoms with Crippen molar-refractivity contribution in [3.05, 3.63) is 38.4 Å². The first kappa shape index (κ1) is 20.0. The molecular weight excluding hydrogens is 461 g/mol. The van der Waals surface area contributed by atoms with Gasteiger partial charge in [0.25, 0.3) is 5.91 Å². The highest BCUT2D eigenvalue weighted by molar-refractivity contribution is 14.1. The van der Waals surface area contributed by atoms with Crippen molar-refractivity contribution in [2.24, 2.45) is 5.92 Å². The molecule has 1 aliphatic rings. The molecule has 0 spiro atoms. The van der Waals surface area contributed by atoms with E-state index in [1.54, 1.807) is 32.2 Å². The molecule has 0 aliphatic carbocycles. The standard InChI is InChI=1S/C16H19ClIN3O4/c1-9-7-11(15(23)20-25-6-5-22)14(21(2)16(9)24)19-13-4-3-10(18)8-12(13)17/h3-4,7-9,14,19,22H,5-6H2,1-2H3,(H,20,23).